The zero-order valence-electron chi connectivity index (χ0n) is 12.0. The van der Waals surface area contributed by atoms with Gasteiger partial charge in [-0.05, 0) is 55.5 Å². The average molecular weight is 278 g/mol. The lowest BCUT2D eigenvalue weighted by molar-refractivity contribution is -0.122. The van der Waals surface area contributed by atoms with Crippen LogP contribution in [-0.2, 0) is 11.3 Å². The van der Waals surface area contributed by atoms with Gasteiger partial charge in [0, 0.05) is 13.0 Å². The van der Waals surface area contributed by atoms with Crippen LogP contribution in [-0.4, -0.2) is 19.0 Å². The van der Waals surface area contributed by atoms with E-state index in [2.05, 4.69) is 17.6 Å². The van der Waals surface area contributed by atoms with E-state index < -0.39 is 0 Å². The van der Waals surface area contributed by atoms with Gasteiger partial charge in [-0.1, -0.05) is 19.1 Å². The van der Waals surface area contributed by atoms with Gasteiger partial charge in [0.05, 0.1) is 0 Å². The molecule has 1 aromatic rings. The molecule has 2 rings (SSSR count). The van der Waals surface area contributed by atoms with Crippen molar-refractivity contribution in [1.29, 1.82) is 0 Å². The average Bonchev–Trinajstić information content (AvgIpc) is 2.46. The Morgan fingerprint density at radius 3 is 3.10 bits per heavy atom. The highest BCUT2D eigenvalue weighted by Crippen LogP contribution is 2.22. The molecule has 1 saturated heterocycles. The standard InChI is InChI=1S/C16H23FN2O/c1-12(14-5-3-7-18-11-14)8-16(20)19-10-13-4-2-6-15(17)9-13/h2,4,6,9,12,14,18H,3,5,7-8,10-11H2,1H3,(H,19,20). The highest BCUT2D eigenvalue weighted by molar-refractivity contribution is 5.76. The van der Waals surface area contributed by atoms with Gasteiger partial charge in [-0.25, -0.2) is 4.39 Å². The Kier molecular flexibility index (Phi) is 5.53. The van der Waals surface area contributed by atoms with Crippen molar-refractivity contribution in [3.63, 3.8) is 0 Å². The molecule has 1 fully saturated rings. The SMILES string of the molecule is CC(CC(=O)NCc1cccc(F)c1)C1CCCNC1. The number of hydrogen-bond donors (Lipinski definition) is 2. The summed E-state index contributed by atoms with van der Waals surface area (Å²) in [7, 11) is 0. The van der Waals surface area contributed by atoms with Gasteiger partial charge in [0.25, 0.3) is 0 Å². The normalized spacial score (nSPS) is 20.4. The fraction of sp³-hybridized carbons (Fsp3) is 0.562. The van der Waals surface area contributed by atoms with Gasteiger partial charge in [-0.2, -0.15) is 0 Å². The molecule has 1 amide bonds. The van der Waals surface area contributed by atoms with Crippen molar-refractivity contribution in [2.45, 2.75) is 32.7 Å². The van der Waals surface area contributed by atoms with E-state index in [1.54, 1.807) is 6.07 Å². The molecule has 1 aliphatic heterocycles. The summed E-state index contributed by atoms with van der Waals surface area (Å²) in [5.74, 6) is 0.754. The summed E-state index contributed by atoms with van der Waals surface area (Å²) in [6.07, 6.45) is 2.94. The fourth-order valence-corrected chi connectivity index (χ4v) is 2.74. The molecule has 110 valence electrons. The summed E-state index contributed by atoms with van der Waals surface area (Å²) in [6, 6.07) is 6.34. The van der Waals surface area contributed by atoms with Gasteiger partial charge < -0.3 is 10.6 Å². The quantitative estimate of drug-likeness (QED) is 0.868. The van der Waals surface area contributed by atoms with Gasteiger partial charge in [0.15, 0.2) is 0 Å². The number of rotatable bonds is 5. The Morgan fingerprint density at radius 1 is 1.55 bits per heavy atom. The molecule has 0 spiro atoms. The van der Waals surface area contributed by atoms with Gasteiger partial charge in [-0.15, -0.1) is 0 Å². The molecule has 0 bridgehead atoms. The van der Waals surface area contributed by atoms with Crippen molar-refractivity contribution in [1.82, 2.24) is 10.6 Å². The van der Waals surface area contributed by atoms with Crippen LogP contribution in [0.4, 0.5) is 4.39 Å². The number of piperidine rings is 1. The Morgan fingerprint density at radius 2 is 2.40 bits per heavy atom. The minimum Gasteiger partial charge on any atom is -0.352 e. The molecule has 0 radical (unpaired) electrons. The summed E-state index contributed by atoms with van der Waals surface area (Å²) in [5, 5.41) is 6.25. The zero-order chi connectivity index (χ0) is 14.4. The number of nitrogens with one attached hydrogen (secondary N) is 2. The van der Waals surface area contributed by atoms with E-state index in [9.17, 15) is 9.18 Å². The third-order valence-corrected chi connectivity index (χ3v) is 4.03. The largest absolute Gasteiger partial charge is 0.352 e. The fourth-order valence-electron chi connectivity index (χ4n) is 2.74. The number of amides is 1. The molecule has 2 atom stereocenters. The maximum atomic E-state index is 13.0. The van der Waals surface area contributed by atoms with E-state index in [0.29, 0.717) is 24.8 Å². The molecule has 4 heteroatoms. The molecular weight excluding hydrogens is 255 g/mol. The van der Waals surface area contributed by atoms with Crippen molar-refractivity contribution in [2.24, 2.45) is 11.8 Å². The van der Waals surface area contributed by atoms with Gasteiger partial charge in [-0.3, -0.25) is 4.79 Å². The third kappa shape index (κ3) is 4.60. The van der Waals surface area contributed by atoms with Crippen LogP contribution in [0.5, 0.6) is 0 Å². The second kappa shape index (κ2) is 7.39. The van der Waals surface area contributed by atoms with Crippen LogP contribution in [0.1, 0.15) is 31.7 Å². The van der Waals surface area contributed by atoms with Crippen molar-refractivity contribution < 1.29 is 9.18 Å². The minimum atomic E-state index is -0.265. The molecular formula is C16H23FN2O. The Hall–Kier alpha value is -1.42. The molecule has 0 saturated carbocycles. The Balaban J connectivity index is 1.74. The van der Waals surface area contributed by atoms with Crippen LogP contribution in [0.15, 0.2) is 24.3 Å². The maximum Gasteiger partial charge on any atom is 0.220 e. The van der Waals surface area contributed by atoms with Crippen molar-refractivity contribution in [3.05, 3.63) is 35.6 Å². The number of halogens is 1. The predicted octanol–water partition coefficient (Wildman–Crippen LogP) is 2.47. The van der Waals surface area contributed by atoms with Crippen molar-refractivity contribution in [3.8, 4) is 0 Å². The molecule has 2 unspecified atom stereocenters. The van der Waals surface area contributed by atoms with Crippen LogP contribution < -0.4 is 10.6 Å². The topological polar surface area (TPSA) is 41.1 Å². The predicted molar refractivity (Wildman–Crippen MR) is 77.6 cm³/mol. The van der Waals surface area contributed by atoms with E-state index in [4.69, 9.17) is 0 Å². The smallest absolute Gasteiger partial charge is 0.220 e. The third-order valence-electron chi connectivity index (χ3n) is 4.03. The summed E-state index contributed by atoms with van der Waals surface area (Å²) in [6.45, 7) is 4.64. The van der Waals surface area contributed by atoms with E-state index in [1.807, 2.05) is 6.07 Å². The van der Waals surface area contributed by atoms with Crippen molar-refractivity contribution in [2.75, 3.05) is 13.1 Å². The molecule has 1 aliphatic rings. The first kappa shape index (κ1) is 15.0. The van der Waals surface area contributed by atoms with E-state index in [1.165, 1.54) is 25.0 Å². The first-order valence-electron chi connectivity index (χ1n) is 7.37. The number of benzene rings is 1. The highest BCUT2D eigenvalue weighted by atomic mass is 19.1. The Bertz CT molecular complexity index is 444. The summed E-state index contributed by atoms with van der Waals surface area (Å²) < 4.78 is 13.0. The molecule has 1 aromatic carbocycles. The molecule has 20 heavy (non-hydrogen) atoms. The summed E-state index contributed by atoms with van der Waals surface area (Å²) >= 11 is 0. The lowest BCUT2D eigenvalue weighted by atomic mass is 9.85. The van der Waals surface area contributed by atoms with Gasteiger partial charge in [0.2, 0.25) is 5.91 Å². The van der Waals surface area contributed by atoms with E-state index >= 15 is 0 Å². The van der Waals surface area contributed by atoms with Crippen LogP contribution in [0.3, 0.4) is 0 Å². The van der Waals surface area contributed by atoms with Gasteiger partial charge >= 0.3 is 0 Å². The second-order valence-electron chi connectivity index (χ2n) is 5.69. The van der Waals surface area contributed by atoms with Crippen LogP contribution >= 0.6 is 0 Å². The number of carbonyl (C=O) groups is 1. The number of carbonyl (C=O) groups excluding carboxylic acids is 1. The van der Waals surface area contributed by atoms with Crippen LogP contribution in [0, 0.1) is 17.7 Å². The Labute approximate surface area is 120 Å². The van der Waals surface area contributed by atoms with Gasteiger partial charge in [0.1, 0.15) is 5.82 Å². The monoisotopic (exact) mass is 278 g/mol. The summed E-state index contributed by atoms with van der Waals surface area (Å²) in [5.41, 5.74) is 0.797. The van der Waals surface area contributed by atoms with E-state index in [-0.39, 0.29) is 11.7 Å². The van der Waals surface area contributed by atoms with Crippen molar-refractivity contribution >= 4 is 5.91 Å². The number of hydrogen-bond acceptors (Lipinski definition) is 2. The van der Waals surface area contributed by atoms with Crippen LogP contribution in [0.25, 0.3) is 0 Å². The molecule has 3 nitrogen and oxygen atoms in total. The molecule has 2 N–H and O–H groups in total. The minimum absolute atomic E-state index is 0.0485. The molecule has 0 aliphatic carbocycles. The first-order valence-corrected chi connectivity index (χ1v) is 7.37. The van der Waals surface area contributed by atoms with E-state index in [0.717, 1.165) is 18.7 Å². The summed E-state index contributed by atoms with van der Waals surface area (Å²) in [4.78, 5) is 11.9. The molecule has 1 heterocycles. The second-order valence-corrected chi connectivity index (χ2v) is 5.69. The first-order chi connectivity index (χ1) is 9.65. The lowest BCUT2D eigenvalue weighted by Crippen LogP contribution is -2.35. The zero-order valence-corrected chi connectivity index (χ0v) is 12.0. The maximum absolute atomic E-state index is 13.0. The lowest BCUT2D eigenvalue weighted by Gasteiger charge is -2.28. The van der Waals surface area contributed by atoms with Crippen LogP contribution in [0.2, 0.25) is 0 Å². The molecule has 0 aromatic heterocycles. The highest BCUT2D eigenvalue weighted by Gasteiger charge is 2.21.